The molecule has 4 N–H and O–H groups in total. The summed E-state index contributed by atoms with van der Waals surface area (Å²) in [5.74, 6) is -5.38. The second kappa shape index (κ2) is 30.1. The maximum Gasteiger partial charge on any atom is 0.328 e. The number of carboxylic acid groups (broad SMARTS) is 1. The number of carbonyl (C=O) groups excluding carboxylic acids is 8. The largest absolute Gasteiger partial charge is 0.481 e. The molecule has 20 nitrogen and oxygen atoms in total. The van der Waals surface area contributed by atoms with Crippen LogP contribution in [-0.4, -0.2) is 182 Å². The molecule has 0 bridgehead atoms. The first kappa shape index (κ1) is 62.0. The third-order valence-corrected chi connectivity index (χ3v) is 13.6. The van der Waals surface area contributed by atoms with Crippen molar-refractivity contribution in [2.45, 2.75) is 149 Å². The van der Waals surface area contributed by atoms with Gasteiger partial charge in [-0.2, -0.15) is 0 Å². The zero-order valence-electron chi connectivity index (χ0n) is 44.6. The molecule has 1 aliphatic rings. The quantitative estimate of drug-likeness (QED) is 0.0665. The van der Waals surface area contributed by atoms with E-state index < -0.39 is 114 Å². The smallest absolute Gasteiger partial charge is 0.328 e. The Bertz CT molecular complexity index is 2050. The molecule has 0 aliphatic carbocycles. The number of carboxylic acids is 1. The van der Waals surface area contributed by atoms with E-state index in [-0.39, 0.29) is 50.6 Å². The molecule has 0 radical (unpaired) electrons. The Balaban J connectivity index is 2.27. The van der Waals surface area contributed by atoms with E-state index in [1.165, 1.54) is 45.1 Å². The molecule has 10 atom stereocenters. The van der Waals surface area contributed by atoms with Gasteiger partial charge in [0.2, 0.25) is 35.4 Å². The summed E-state index contributed by atoms with van der Waals surface area (Å²) in [5.41, 5.74) is 0.836. The third-order valence-electron chi connectivity index (χ3n) is 13.6. The fraction of sp³-hybridized carbons (Fsp3) is 0.673. The molecule has 1 saturated heterocycles. The highest BCUT2D eigenvalue weighted by molar-refractivity contribution is 5.95. The first-order valence-corrected chi connectivity index (χ1v) is 24.8. The molecule has 7 amide bonds. The number of carbonyl (C=O) groups is 9. The van der Waals surface area contributed by atoms with E-state index >= 15 is 0 Å². The third kappa shape index (κ3) is 17.6. The van der Waals surface area contributed by atoms with Gasteiger partial charge in [0.15, 0.2) is 0 Å². The minimum atomic E-state index is -1.15. The van der Waals surface area contributed by atoms with E-state index in [1.54, 1.807) is 46.6 Å². The lowest BCUT2D eigenvalue weighted by Gasteiger charge is -2.41. The molecule has 9 unspecified atom stereocenters. The number of likely N-dealkylation sites (tertiary alicyclic amines) is 1. The summed E-state index contributed by atoms with van der Waals surface area (Å²) in [5, 5.41) is 17.3. The Kier molecular flexibility index (Phi) is 25.9. The molecular formula is C52H81N7O13. The average Bonchev–Trinajstić information content (AvgIpc) is 3.83. The molecule has 20 heteroatoms. The zero-order valence-corrected chi connectivity index (χ0v) is 44.6. The molecule has 72 heavy (non-hydrogen) atoms. The zero-order chi connectivity index (χ0) is 54.6. The highest BCUT2D eigenvalue weighted by Crippen LogP contribution is 2.30. The van der Waals surface area contributed by atoms with Crippen molar-refractivity contribution >= 4 is 53.3 Å². The molecular weight excluding hydrogens is 931 g/mol. The predicted molar refractivity (Wildman–Crippen MR) is 268 cm³/mol. The van der Waals surface area contributed by atoms with Crippen molar-refractivity contribution < 1.29 is 62.5 Å². The number of rotatable bonds is 29. The van der Waals surface area contributed by atoms with Crippen LogP contribution in [0.15, 0.2) is 30.3 Å². The molecule has 1 heterocycles. The summed E-state index contributed by atoms with van der Waals surface area (Å²) in [6.07, 6.45) is 4.98. The van der Waals surface area contributed by atoms with Gasteiger partial charge in [-0.25, -0.2) is 4.79 Å². The monoisotopic (exact) mass is 1010 g/mol. The first-order valence-electron chi connectivity index (χ1n) is 24.8. The molecule has 0 spiro atoms. The van der Waals surface area contributed by atoms with E-state index in [0.717, 1.165) is 10.5 Å². The summed E-state index contributed by atoms with van der Waals surface area (Å²) in [4.78, 5) is 125. The predicted octanol–water partition coefficient (Wildman–Crippen LogP) is 2.26. The van der Waals surface area contributed by atoms with Crippen LogP contribution >= 0.6 is 0 Å². The van der Waals surface area contributed by atoms with Crippen molar-refractivity contribution in [2.24, 2.45) is 23.7 Å². The fourth-order valence-corrected chi connectivity index (χ4v) is 9.38. The van der Waals surface area contributed by atoms with Crippen molar-refractivity contribution in [2.75, 3.05) is 55.1 Å². The highest BCUT2D eigenvalue weighted by atomic mass is 16.5. The van der Waals surface area contributed by atoms with Crippen LogP contribution in [0.4, 0.5) is 0 Å². The van der Waals surface area contributed by atoms with E-state index in [1.807, 2.05) is 50.1 Å². The topological polar surface area (TPSA) is 251 Å². The van der Waals surface area contributed by atoms with Crippen LogP contribution in [0, 0.1) is 36.0 Å². The number of esters is 1. The van der Waals surface area contributed by atoms with Crippen molar-refractivity contribution in [3.05, 3.63) is 35.9 Å². The van der Waals surface area contributed by atoms with Gasteiger partial charge in [0, 0.05) is 60.8 Å². The second-order valence-electron chi connectivity index (χ2n) is 19.4. The van der Waals surface area contributed by atoms with Gasteiger partial charge >= 0.3 is 11.9 Å². The first-order chi connectivity index (χ1) is 33.9. The minimum absolute atomic E-state index is 0.111. The van der Waals surface area contributed by atoms with Crippen LogP contribution in [0.1, 0.15) is 99.5 Å². The lowest BCUT2D eigenvalue weighted by molar-refractivity contribution is -0.149. The van der Waals surface area contributed by atoms with Crippen LogP contribution in [0.5, 0.6) is 0 Å². The number of hydrogen-bond donors (Lipinski definition) is 4. The van der Waals surface area contributed by atoms with E-state index in [0.29, 0.717) is 25.8 Å². The SMILES string of the molecule is C#CC(=O)N(CCC(=O)O)CCC(=O)NC(C)C(=O)N(C)C(C(=O)NC(C(=O)N(C)C(C(C)CC)C(CC(=O)N1CCC[C@H]1C(OC)C(C)C(=O)NC(Cc1ccccc1)C(=O)OC)OC)C(C)C)C(C)C. The van der Waals surface area contributed by atoms with Crippen LogP contribution in [0.3, 0.4) is 0 Å². The number of likely N-dealkylation sites (N-methyl/N-ethyl adjacent to an activating group) is 2. The standard InChI is InChI=1S/C52H81N7O13/c1-15-33(7)46(39(70-12)30-42(62)59-26-20-23-38(59)47(71-13)34(8)48(65)54-37(52(69)72-14)29-36-21-18-17-19-22-36)57(11)51(68)44(31(3)4)55-49(66)45(32(5)6)56(10)50(67)35(9)53-40(60)24-27-58(41(61)16-2)28-25-43(63)64/h2,17-19,21-22,31-35,37-39,44-47H,15,20,23-30H2,1,3-14H3,(H,53,60)(H,54,65)(H,55,66)(H,63,64)/t33?,34?,35?,37?,38-,39?,44?,45?,46?,47?/m0/s1. The molecule has 0 saturated carbocycles. The van der Waals surface area contributed by atoms with Crippen molar-refractivity contribution in [3.8, 4) is 12.3 Å². The van der Waals surface area contributed by atoms with Gasteiger partial charge in [0.1, 0.15) is 24.2 Å². The number of methoxy groups -OCH3 is 3. The van der Waals surface area contributed by atoms with Crippen LogP contribution in [0.2, 0.25) is 0 Å². The molecule has 1 fully saturated rings. The van der Waals surface area contributed by atoms with Gasteiger partial charge in [-0.15, -0.1) is 6.42 Å². The van der Waals surface area contributed by atoms with Crippen molar-refractivity contribution in [1.82, 2.24) is 35.6 Å². The number of nitrogens with zero attached hydrogens (tertiary/aromatic N) is 4. The number of terminal acetylenes is 1. The summed E-state index contributed by atoms with van der Waals surface area (Å²) in [7, 11) is 7.27. The van der Waals surface area contributed by atoms with Gasteiger partial charge in [-0.1, -0.05) is 85.2 Å². The Hall–Kier alpha value is -6.07. The second-order valence-corrected chi connectivity index (χ2v) is 19.4. The molecule has 2 rings (SSSR count). The van der Waals surface area contributed by atoms with Crippen molar-refractivity contribution in [3.63, 3.8) is 0 Å². The lowest BCUT2D eigenvalue weighted by atomic mass is 9.89. The van der Waals surface area contributed by atoms with Gasteiger partial charge in [0.05, 0.1) is 50.2 Å². The normalized spacial score (nSPS) is 17.1. The Labute approximate surface area is 425 Å². The van der Waals surface area contributed by atoms with Crippen LogP contribution in [0.25, 0.3) is 0 Å². The van der Waals surface area contributed by atoms with Gasteiger partial charge in [-0.05, 0) is 49.0 Å². The summed E-state index contributed by atoms with van der Waals surface area (Å²) in [6, 6.07) is 3.93. The van der Waals surface area contributed by atoms with Crippen LogP contribution in [-0.2, 0) is 63.8 Å². The Morgan fingerprint density at radius 1 is 0.819 bits per heavy atom. The Morgan fingerprint density at radius 3 is 1.97 bits per heavy atom. The van der Waals surface area contributed by atoms with E-state index in [4.69, 9.17) is 25.7 Å². The van der Waals surface area contributed by atoms with Gasteiger partial charge in [-0.3, -0.25) is 38.4 Å². The molecule has 0 aromatic heterocycles. The van der Waals surface area contributed by atoms with Crippen LogP contribution < -0.4 is 16.0 Å². The number of hydrogen-bond acceptors (Lipinski definition) is 12. The number of aliphatic carboxylic acids is 1. The van der Waals surface area contributed by atoms with Crippen molar-refractivity contribution in [1.29, 1.82) is 0 Å². The number of ether oxygens (including phenoxy) is 3. The molecule has 1 aromatic rings. The minimum Gasteiger partial charge on any atom is -0.481 e. The van der Waals surface area contributed by atoms with E-state index in [9.17, 15) is 43.2 Å². The van der Waals surface area contributed by atoms with Gasteiger partial charge in [0.25, 0.3) is 5.91 Å². The summed E-state index contributed by atoms with van der Waals surface area (Å²) >= 11 is 0. The fourth-order valence-electron chi connectivity index (χ4n) is 9.38. The highest BCUT2D eigenvalue weighted by Gasteiger charge is 2.44. The van der Waals surface area contributed by atoms with E-state index in [2.05, 4.69) is 16.0 Å². The number of benzene rings is 1. The number of nitrogens with one attached hydrogen (secondary N) is 3. The summed E-state index contributed by atoms with van der Waals surface area (Å²) < 4.78 is 17.0. The molecule has 1 aromatic carbocycles. The summed E-state index contributed by atoms with van der Waals surface area (Å²) in [6.45, 7) is 14.1. The molecule has 402 valence electrons. The number of amides is 7. The average molecular weight is 1010 g/mol. The lowest BCUT2D eigenvalue weighted by Crippen LogP contribution is -2.61. The maximum atomic E-state index is 14.7. The van der Waals surface area contributed by atoms with Gasteiger partial charge < -0.3 is 54.9 Å². The molecule has 1 aliphatic heterocycles. The Morgan fingerprint density at radius 2 is 1.44 bits per heavy atom. The maximum absolute atomic E-state index is 14.7.